The van der Waals surface area contributed by atoms with E-state index in [0.29, 0.717) is 5.41 Å². The highest BCUT2D eigenvalue weighted by Crippen LogP contribution is 2.61. The van der Waals surface area contributed by atoms with Gasteiger partial charge in [0.25, 0.3) is 0 Å². The number of amides is 2. The molecule has 0 radical (unpaired) electrons. The summed E-state index contributed by atoms with van der Waals surface area (Å²) < 4.78 is 0. The molecule has 4 bridgehead atoms. The molecule has 4 aliphatic carbocycles. The second-order valence-electron chi connectivity index (χ2n) is 10.6. The lowest BCUT2D eigenvalue weighted by Gasteiger charge is -2.59. The van der Waals surface area contributed by atoms with Crippen LogP contribution < -0.4 is 10.6 Å². The zero-order chi connectivity index (χ0) is 21.5. The third kappa shape index (κ3) is 4.41. The molecule has 5 heteroatoms. The van der Waals surface area contributed by atoms with E-state index in [-0.39, 0.29) is 30.9 Å². The molecule has 1 aromatic carbocycles. The SMILES string of the molecule is Cc1cccc(C)c1NC(=O)CN(C)CC(=O)N[C@@H](C)C12CC3CC(CC(C3)C1)C2. The van der Waals surface area contributed by atoms with Gasteiger partial charge in [-0.2, -0.15) is 0 Å². The molecule has 4 fully saturated rings. The van der Waals surface area contributed by atoms with Gasteiger partial charge < -0.3 is 10.6 Å². The molecule has 0 spiro atoms. The van der Waals surface area contributed by atoms with E-state index in [2.05, 4.69) is 17.6 Å². The van der Waals surface area contributed by atoms with Crippen molar-refractivity contribution in [3.05, 3.63) is 29.3 Å². The van der Waals surface area contributed by atoms with E-state index >= 15 is 0 Å². The van der Waals surface area contributed by atoms with Gasteiger partial charge in [0, 0.05) is 11.7 Å². The number of hydrogen-bond donors (Lipinski definition) is 2. The Hall–Kier alpha value is -1.88. The third-order valence-corrected chi connectivity index (χ3v) is 7.95. The number of para-hydroxylation sites is 1. The van der Waals surface area contributed by atoms with Crippen molar-refractivity contribution in [2.75, 3.05) is 25.5 Å². The van der Waals surface area contributed by atoms with Gasteiger partial charge in [-0.15, -0.1) is 0 Å². The molecule has 2 N–H and O–H groups in total. The fourth-order valence-corrected chi connectivity index (χ4v) is 6.88. The van der Waals surface area contributed by atoms with Crippen molar-refractivity contribution in [2.45, 2.75) is 65.3 Å². The van der Waals surface area contributed by atoms with Crippen molar-refractivity contribution in [3.63, 3.8) is 0 Å². The second-order valence-corrected chi connectivity index (χ2v) is 10.6. The Morgan fingerprint density at radius 1 is 1.00 bits per heavy atom. The molecule has 0 aliphatic heterocycles. The van der Waals surface area contributed by atoms with Crippen LogP contribution in [-0.4, -0.2) is 42.9 Å². The highest BCUT2D eigenvalue weighted by atomic mass is 16.2. The molecular weight excluding hydrogens is 374 g/mol. The first kappa shape index (κ1) is 21.4. The maximum Gasteiger partial charge on any atom is 0.238 e. The highest BCUT2D eigenvalue weighted by molar-refractivity contribution is 5.94. The Morgan fingerprint density at radius 2 is 1.50 bits per heavy atom. The van der Waals surface area contributed by atoms with E-state index in [1.165, 1.54) is 38.5 Å². The van der Waals surface area contributed by atoms with Crippen LogP contribution in [0.15, 0.2) is 18.2 Å². The first-order valence-electron chi connectivity index (χ1n) is 11.6. The van der Waals surface area contributed by atoms with Crippen molar-refractivity contribution in [2.24, 2.45) is 23.2 Å². The molecule has 1 atom stereocenters. The lowest BCUT2D eigenvalue weighted by molar-refractivity contribution is -0.127. The fraction of sp³-hybridized carbons (Fsp3) is 0.680. The van der Waals surface area contributed by atoms with Crippen LogP contribution in [0.4, 0.5) is 5.69 Å². The van der Waals surface area contributed by atoms with Crippen LogP contribution in [0.1, 0.15) is 56.6 Å². The minimum Gasteiger partial charge on any atom is -0.352 e. The van der Waals surface area contributed by atoms with E-state index < -0.39 is 0 Å². The number of nitrogens with zero attached hydrogens (tertiary/aromatic N) is 1. The lowest BCUT2D eigenvalue weighted by Crippen LogP contribution is -2.56. The molecule has 164 valence electrons. The first-order valence-corrected chi connectivity index (χ1v) is 11.6. The molecular formula is C25H37N3O2. The molecule has 0 aromatic heterocycles. The van der Waals surface area contributed by atoms with Crippen molar-refractivity contribution >= 4 is 17.5 Å². The standard InChI is InChI=1S/C25H37N3O2/c1-16-6-5-7-17(2)24(16)27-23(30)15-28(4)14-22(29)26-18(3)25-11-19-8-20(12-25)10-21(9-19)13-25/h5-7,18-21H,8-15H2,1-4H3,(H,26,29)(H,27,30)/t18-,19?,20?,21?,25?/m0/s1. The summed E-state index contributed by atoms with van der Waals surface area (Å²) in [7, 11) is 1.83. The Morgan fingerprint density at radius 3 is 2.03 bits per heavy atom. The number of rotatable bonds is 7. The molecule has 30 heavy (non-hydrogen) atoms. The normalized spacial score (nSPS) is 30.4. The van der Waals surface area contributed by atoms with Crippen molar-refractivity contribution in [3.8, 4) is 0 Å². The van der Waals surface area contributed by atoms with Gasteiger partial charge in [-0.25, -0.2) is 0 Å². The van der Waals surface area contributed by atoms with Gasteiger partial charge in [0.2, 0.25) is 11.8 Å². The predicted octanol–water partition coefficient (Wildman–Crippen LogP) is 3.89. The molecule has 5 nitrogen and oxygen atoms in total. The van der Waals surface area contributed by atoms with Crippen molar-refractivity contribution in [1.29, 1.82) is 0 Å². The van der Waals surface area contributed by atoms with E-state index in [4.69, 9.17) is 0 Å². The minimum absolute atomic E-state index is 0.0283. The van der Waals surface area contributed by atoms with Gasteiger partial charge in [-0.1, -0.05) is 18.2 Å². The molecule has 5 rings (SSSR count). The van der Waals surface area contributed by atoms with E-state index in [0.717, 1.165) is 34.6 Å². The number of nitrogens with one attached hydrogen (secondary N) is 2. The summed E-state index contributed by atoms with van der Waals surface area (Å²) in [6.07, 6.45) is 8.10. The summed E-state index contributed by atoms with van der Waals surface area (Å²) in [5.41, 5.74) is 3.28. The van der Waals surface area contributed by atoms with Crippen LogP contribution in [0.25, 0.3) is 0 Å². The number of carbonyl (C=O) groups excluding carboxylic acids is 2. The fourth-order valence-electron chi connectivity index (χ4n) is 6.88. The van der Waals surface area contributed by atoms with Crippen LogP contribution in [0.5, 0.6) is 0 Å². The van der Waals surface area contributed by atoms with Crippen molar-refractivity contribution in [1.82, 2.24) is 10.2 Å². The van der Waals surface area contributed by atoms with Gasteiger partial charge in [0.1, 0.15) is 0 Å². The second kappa shape index (κ2) is 8.33. The summed E-state index contributed by atoms with van der Waals surface area (Å²) in [6, 6.07) is 6.19. The largest absolute Gasteiger partial charge is 0.352 e. The third-order valence-electron chi connectivity index (χ3n) is 7.95. The lowest BCUT2D eigenvalue weighted by atomic mass is 9.48. The molecule has 2 amide bonds. The number of aryl methyl sites for hydroxylation is 2. The van der Waals surface area contributed by atoms with E-state index in [1.807, 2.05) is 39.1 Å². The van der Waals surface area contributed by atoms with Gasteiger partial charge in [-0.05, 0) is 101 Å². The Balaban J connectivity index is 1.27. The maximum atomic E-state index is 12.7. The monoisotopic (exact) mass is 411 g/mol. The van der Waals surface area contributed by atoms with Crippen molar-refractivity contribution < 1.29 is 9.59 Å². The number of carbonyl (C=O) groups is 2. The van der Waals surface area contributed by atoms with Gasteiger partial charge in [0.05, 0.1) is 13.1 Å². The maximum absolute atomic E-state index is 12.7. The number of likely N-dealkylation sites (N-methyl/N-ethyl adjacent to an activating group) is 1. The number of hydrogen-bond acceptors (Lipinski definition) is 3. The van der Waals surface area contributed by atoms with Crippen LogP contribution in [0.3, 0.4) is 0 Å². The molecule has 0 heterocycles. The van der Waals surface area contributed by atoms with Gasteiger partial charge in [0.15, 0.2) is 0 Å². The molecule has 1 aromatic rings. The number of benzene rings is 1. The van der Waals surface area contributed by atoms with E-state index in [9.17, 15) is 9.59 Å². The first-order chi connectivity index (χ1) is 14.2. The predicted molar refractivity (Wildman–Crippen MR) is 120 cm³/mol. The molecule has 0 saturated heterocycles. The van der Waals surface area contributed by atoms with Crippen LogP contribution >= 0.6 is 0 Å². The molecule has 4 aliphatic rings. The smallest absolute Gasteiger partial charge is 0.238 e. The molecule has 4 saturated carbocycles. The highest BCUT2D eigenvalue weighted by Gasteiger charge is 2.53. The minimum atomic E-state index is -0.0863. The summed E-state index contributed by atoms with van der Waals surface area (Å²) in [6.45, 7) is 6.64. The summed E-state index contributed by atoms with van der Waals surface area (Å²) in [4.78, 5) is 27.0. The van der Waals surface area contributed by atoms with Crippen LogP contribution in [-0.2, 0) is 9.59 Å². The topological polar surface area (TPSA) is 61.4 Å². The Bertz CT molecular complexity index is 763. The zero-order valence-corrected chi connectivity index (χ0v) is 19.0. The van der Waals surface area contributed by atoms with Gasteiger partial charge >= 0.3 is 0 Å². The average Bonchev–Trinajstić information content (AvgIpc) is 2.63. The summed E-state index contributed by atoms with van der Waals surface area (Å²) in [5.74, 6) is 2.59. The average molecular weight is 412 g/mol. The summed E-state index contributed by atoms with van der Waals surface area (Å²) in [5, 5.41) is 6.30. The Labute approximate surface area is 181 Å². The molecule has 0 unspecified atom stereocenters. The zero-order valence-electron chi connectivity index (χ0n) is 19.0. The van der Waals surface area contributed by atoms with Crippen LogP contribution in [0, 0.1) is 37.0 Å². The Kier molecular flexibility index (Phi) is 5.93. The summed E-state index contributed by atoms with van der Waals surface area (Å²) >= 11 is 0. The van der Waals surface area contributed by atoms with Crippen LogP contribution in [0.2, 0.25) is 0 Å². The quantitative estimate of drug-likeness (QED) is 0.715. The van der Waals surface area contributed by atoms with Gasteiger partial charge in [-0.3, -0.25) is 14.5 Å². The number of anilines is 1. The van der Waals surface area contributed by atoms with E-state index in [1.54, 1.807) is 4.90 Å².